The molecule has 1 unspecified atom stereocenters. The van der Waals surface area contributed by atoms with E-state index in [-0.39, 0.29) is 12.0 Å². The molecule has 1 nitrogen and oxygen atoms in total. The molecule has 0 aromatic heterocycles. The van der Waals surface area contributed by atoms with E-state index in [4.69, 9.17) is 0 Å². The van der Waals surface area contributed by atoms with Crippen molar-refractivity contribution in [1.82, 2.24) is 0 Å². The Kier molecular flexibility index (Phi) is 9.26. The van der Waals surface area contributed by atoms with Crippen LogP contribution in [0.1, 0.15) is 78.4 Å². The minimum absolute atomic E-state index is 0.251. The van der Waals surface area contributed by atoms with Crippen LogP contribution in [0.25, 0.3) is 0 Å². The quantitative estimate of drug-likeness (QED) is 0.588. The standard InChI is InChI=1S/C14H22.C12H18O/c1-11(2)13(14(3,4)5)12-9-7-6-8-10-12;1-9(2)12(10(3)13)11-7-5-4-6-8-11/h6-11,13H,1-5H3;4-10,12-13H,1-3H3/t13-;10?,12-/m01/s1. The summed E-state index contributed by atoms with van der Waals surface area (Å²) < 4.78 is 0. The van der Waals surface area contributed by atoms with Crippen molar-refractivity contribution in [1.29, 1.82) is 0 Å². The Morgan fingerprint density at radius 2 is 1.04 bits per heavy atom. The second-order valence-corrected chi connectivity index (χ2v) is 9.42. The van der Waals surface area contributed by atoms with Gasteiger partial charge in [-0.2, -0.15) is 0 Å². The van der Waals surface area contributed by atoms with Crippen molar-refractivity contribution in [2.24, 2.45) is 17.3 Å². The van der Waals surface area contributed by atoms with E-state index in [1.807, 2.05) is 25.1 Å². The van der Waals surface area contributed by atoms with Gasteiger partial charge in [0.15, 0.2) is 0 Å². The SMILES string of the molecule is CC(C)[C@@H](c1ccccc1)C(C)(C)C.CC(C)[C@@H](c1ccccc1)C(C)O. The largest absolute Gasteiger partial charge is 0.393 e. The van der Waals surface area contributed by atoms with Gasteiger partial charge in [-0.3, -0.25) is 0 Å². The van der Waals surface area contributed by atoms with Crippen LogP contribution in [-0.4, -0.2) is 11.2 Å². The van der Waals surface area contributed by atoms with Crippen LogP contribution < -0.4 is 0 Å². The Hall–Kier alpha value is -1.60. The summed E-state index contributed by atoms with van der Waals surface area (Å²) in [6, 6.07) is 21.1. The summed E-state index contributed by atoms with van der Waals surface area (Å²) >= 11 is 0. The van der Waals surface area contributed by atoms with E-state index in [1.54, 1.807) is 0 Å². The predicted octanol–water partition coefficient (Wildman–Crippen LogP) is 7.28. The highest BCUT2D eigenvalue weighted by molar-refractivity contribution is 5.22. The molecule has 0 fully saturated rings. The molecular weight excluding hydrogens is 328 g/mol. The molecule has 0 saturated heterocycles. The van der Waals surface area contributed by atoms with Crippen LogP contribution >= 0.6 is 0 Å². The minimum atomic E-state index is -0.276. The fourth-order valence-corrected chi connectivity index (χ4v) is 4.44. The molecule has 0 aliphatic heterocycles. The molecule has 0 aliphatic carbocycles. The molecule has 0 saturated carbocycles. The number of aliphatic hydroxyl groups is 1. The zero-order valence-corrected chi connectivity index (χ0v) is 18.6. The highest BCUT2D eigenvalue weighted by Crippen LogP contribution is 2.40. The van der Waals surface area contributed by atoms with E-state index in [9.17, 15) is 5.11 Å². The second-order valence-electron chi connectivity index (χ2n) is 9.42. The van der Waals surface area contributed by atoms with Crippen LogP contribution in [0.3, 0.4) is 0 Å². The molecule has 0 bridgehead atoms. The predicted molar refractivity (Wildman–Crippen MR) is 119 cm³/mol. The molecule has 2 aromatic carbocycles. The fourth-order valence-electron chi connectivity index (χ4n) is 4.44. The van der Waals surface area contributed by atoms with Crippen molar-refractivity contribution in [2.75, 3.05) is 0 Å². The Morgan fingerprint density at radius 1 is 0.630 bits per heavy atom. The first-order chi connectivity index (χ1) is 12.6. The van der Waals surface area contributed by atoms with Crippen molar-refractivity contribution in [3.05, 3.63) is 71.8 Å². The number of hydrogen-bond donors (Lipinski definition) is 1. The minimum Gasteiger partial charge on any atom is -0.393 e. The van der Waals surface area contributed by atoms with Crippen molar-refractivity contribution < 1.29 is 5.11 Å². The third-order valence-electron chi connectivity index (χ3n) is 5.18. The highest BCUT2D eigenvalue weighted by Gasteiger charge is 2.28. The zero-order chi connectivity index (χ0) is 20.6. The van der Waals surface area contributed by atoms with Crippen LogP contribution in [0.5, 0.6) is 0 Å². The van der Waals surface area contributed by atoms with E-state index < -0.39 is 0 Å². The smallest absolute Gasteiger partial charge is 0.0583 e. The lowest BCUT2D eigenvalue weighted by atomic mass is 9.71. The number of rotatable bonds is 5. The zero-order valence-electron chi connectivity index (χ0n) is 18.6. The molecule has 27 heavy (non-hydrogen) atoms. The Bertz CT molecular complexity index is 612. The topological polar surface area (TPSA) is 20.2 Å². The summed E-state index contributed by atoms with van der Waals surface area (Å²) in [5.74, 6) is 2.06. The van der Waals surface area contributed by atoms with E-state index >= 15 is 0 Å². The third-order valence-corrected chi connectivity index (χ3v) is 5.18. The lowest BCUT2D eigenvalue weighted by molar-refractivity contribution is 0.140. The van der Waals surface area contributed by atoms with E-state index in [2.05, 4.69) is 90.9 Å². The molecule has 3 atom stereocenters. The van der Waals surface area contributed by atoms with E-state index in [1.165, 1.54) is 11.1 Å². The second kappa shape index (κ2) is 10.7. The fraction of sp³-hybridized carbons (Fsp3) is 0.538. The van der Waals surface area contributed by atoms with Crippen LogP contribution in [0, 0.1) is 17.3 Å². The van der Waals surface area contributed by atoms with Crippen LogP contribution in [0.15, 0.2) is 60.7 Å². The Balaban J connectivity index is 0.000000271. The van der Waals surface area contributed by atoms with Crippen molar-refractivity contribution >= 4 is 0 Å². The summed E-state index contributed by atoms with van der Waals surface area (Å²) in [6.07, 6.45) is -0.276. The summed E-state index contributed by atoms with van der Waals surface area (Å²) in [5.41, 5.74) is 3.04. The first-order valence-corrected chi connectivity index (χ1v) is 10.3. The molecular formula is C26H40O. The van der Waals surface area contributed by atoms with Gasteiger partial charge in [-0.05, 0) is 41.2 Å². The lowest BCUT2D eigenvalue weighted by Crippen LogP contribution is -2.23. The third kappa shape index (κ3) is 7.50. The molecule has 0 radical (unpaired) electrons. The molecule has 1 N–H and O–H groups in total. The maximum atomic E-state index is 9.64. The van der Waals surface area contributed by atoms with Gasteiger partial charge < -0.3 is 5.11 Å². The van der Waals surface area contributed by atoms with Gasteiger partial charge in [-0.1, -0.05) is 109 Å². The van der Waals surface area contributed by atoms with Gasteiger partial charge in [0.1, 0.15) is 0 Å². The van der Waals surface area contributed by atoms with Gasteiger partial charge in [-0.15, -0.1) is 0 Å². The summed E-state index contributed by atoms with van der Waals surface area (Å²) in [5, 5.41) is 9.64. The van der Waals surface area contributed by atoms with Gasteiger partial charge in [0.05, 0.1) is 6.10 Å². The van der Waals surface area contributed by atoms with Gasteiger partial charge in [-0.25, -0.2) is 0 Å². The van der Waals surface area contributed by atoms with Crippen molar-refractivity contribution in [3.63, 3.8) is 0 Å². The van der Waals surface area contributed by atoms with Crippen LogP contribution in [-0.2, 0) is 0 Å². The molecule has 2 rings (SSSR count). The maximum absolute atomic E-state index is 9.64. The van der Waals surface area contributed by atoms with Gasteiger partial charge >= 0.3 is 0 Å². The monoisotopic (exact) mass is 368 g/mol. The Morgan fingerprint density at radius 3 is 1.33 bits per heavy atom. The molecule has 0 aliphatic rings. The molecule has 150 valence electrons. The van der Waals surface area contributed by atoms with Crippen molar-refractivity contribution in [2.45, 2.75) is 73.3 Å². The van der Waals surface area contributed by atoms with Crippen LogP contribution in [0.2, 0.25) is 0 Å². The summed E-state index contributed by atoms with van der Waals surface area (Å²) in [6.45, 7) is 17.7. The van der Waals surface area contributed by atoms with E-state index in [0.29, 0.717) is 23.2 Å². The normalized spacial score (nSPS) is 15.1. The van der Waals surface area contributed by atoms with Crippen molar-refractivity contribution in [3.8, 4) is 0 Å². The van der Waals surface area contributed by atoms with Crippen LogP contribution in [0.4, 0.5) is 0 Å². The molecule has 0 amide bonds. The lowest BCUT2D eigenvalue weighted by Gasteiger charge is -2.34. The number of benzene rings is 2. The molecule has 0 spiro atoms. The summed E-state index contributed by atoms with van der Waals surface area (Å²) in [7, 11) is 0. The molecule has 0 heterocycles. The highest BCUT2D eigenvalue weighted by atomic mass is 16.3. The summed E-state index contributed by atoms with van der Waals surface area (Å²) in [4.78, 5) is 0. The Labute approximate surface area is 167 Å². The average Bonchev–Trinajstić information content (AvgIpc) is 2.55. The average molecular weight is 369 g/mol. The van der Waals surface area contributed by atoms with Gasteiger partial charge in [0.25, 0.3) is 0 Å². The number of hydrogen-bond acceptors (Lipinski definition) is 1. The molecule has 1 heteroatoms. The molecule has 2 aromatic rings. The number of aliphatic hydroxyl groups excluding tert-OH is 1. The maximum Gasteiger partial charge on any atom is 0.0583 e. The first-order valence-electron chi connectivity index (χ1n) is 10.3. The van der Waals surface area contributed by atoms with Gasteiger partial charge in [0.2, 0.25) is 0 Å². The van der Waals surface area contributed by atoms with Gasteiger partial charge in [0, 0.05) is 5.92 Å². The first kappa shape index (κ1) is 23.4. The van der Waals surface area contributed by atoms with E-state index in [0.717, 1.165) is 0 Å².